The van der Waals surface area contributed by atoms with Crippen LogP contribution in [0.5, 0.6) is 0 Å². The smallest absolute Gasteiger partial charge is 0.0368 e. The lowest BCUT2D eigenvalue weighted by atomic mass is 9.90. The van der Waals surface area contributed by atoms with Crippen molar-refractivity contribution >= 4 is 0 Å². The Hall–Kier alpha value is -0.760. The van der Waals surface area contributed by atoms with Crippen LogP contribution in [0.25, 0.3) is 0 Å². The van der Waals surface area contributed by atoms with Gasteiger partial charge >= 0.3 is 0 Å². The van der Waals surface area contributed by atoms with E-state index in [1.807, 2.05) is 0 Å². The van der Waals surface area contributed by atoms with E-state index in [4.69, 9.17) is 0 Å². The number of fused-ring (bicyclic) bond motifs is 1. The fourth-order valence-corrected chi connectivity index (χ4v) is 3.14. The average molecular weight is 220 g/mol. The number of rotatable bonds is 4. The van der Waals surface area contributed by atoms with Gasteiger partial charge in [0.1, 0.15) is 0 Å². The van der Waals surface area contributed by atoms with Crippen LogP contribution in [0.15, 0.2) is 12.3 Å². The highest BCUT2D eigenvalue weighted by Crippen LogP contribution is 2.36. The molecule has 1 aliphatic rings. The van der Waals surface area contributed by atoms with Crippen LogP contribution in [0.3, 0.4) is 0 Å². The number of hydrogen-bond acceptors (Lipinski definition) is 1. The highest BCUT2D eigenvalue weighted by atomic mass is 15.2. The minimum Gasteiger partial charge on any atom is -0.365 e. The second-order valence-electron chi connectivity index (χ2n) is 4.81. The Morgan fingerprint density at radius 2 is 2.19 bits per heavy atom. The van der Waals surface area contributed by atoms with E-state index in [1.165, 1.54) is 37.9 Å². The molecule has 0 aromatic carbocycles. The molecule has 90 valence electrons. The first-order chi connectivity index (χ1) is 7.81. The van der Waals surface area contributed by atoms with Gasteiger partial charge in [0.15, 0.2) is 0 Å². The van der Waals surface area contributed by atoms with E-state index >= 15 is 0 Å². The molecule has 0 aliphatic carbocycles. The molecule has 1 aromatic rings. The van der Waals surface area contributed by atoms with Crippen LogP contribution in [0.1, 0.15) is 57.3 Å². The summed E-state index contributed by atoms with van der Waals surface area (Å²) in [5, 5.41) is 0. The van der Waals surface area contributed by atoms with E-state index in [1.54, 1.807) is 5.56 Å². The van der Waals surface area contributed by atoms with Crippen LogP contribution in [-0.4, -0.2) is 22.5 Å². The zero-order valence-electron chi connectivity index (χ0n) is 10.8. The van der Waals surface area contributed by atoms with E-state index in [0.29, 0.717) is 6.04 Å². The third kappa shape index (κ3) is 1.91. The Bertz CT molecular complexity index is 329. The van der Waals surface area contributed by atoms with Gasteiger partial charge in [0.25, 0.3) is 0 Å². The Balaban J connectivity index is 2.30. The number of aromatic amines is 1. The molecule has 0 spiro atoms. The molecule has 0 bridgehead atoms. The quantitative estimate of drug-likeness (QED) is 0.822. The van der Waals surface area contributed by atoms with Crippen molar-refractivity contribution < 1.29 is 0 Å². The molecule has 2 nitrogen and oxygen atoms in total. The molecule has 0 unspecified atom stereocenters. The standard InChI is InChI=1S/C14H24N2/c1-4-7-14-12-8-9-15-13(12)10-11(5-2)16(14)6-3/h8-9,11,14-15H,4-7,10H2,1-3H3/t11-,14+/m1/s1. The van der Waals surface area contributed by atoms with Gasteiger partial charge in [0.2, 0.25) is 0 Å². The van der Waals surface area contributed by atoms with Gasteiger partial charge in [-0.15, -0.1) is 0 Å². The lowest BCUT2D eigenvalue weighted by Crippen LogP contribution is -2.43. The maximum atomic E-state index is 3.43. The van der Waals surface area contributed by atoms with Gasteiger partial charge in [0.05, 0.1) is 0 Å². The molecule has 0 radical (unpaired) electrons. The van der Waals surface area contributed by atoms with Crippen molar-refractivity contribution in [2.75, 3.05) is 6.54 Å². The maximum Gasteiger partial charge on any atom is 0.0368 e. The molecule has 1 aliphatic heterocycles. The molecule has 16 heavy (non-hydrogen) atoms. The largest absolute Gasteiger partial charge is 0.365 e. The van der Waals surface area contributed by atoms with E-state index in [9.17, 15) is 0 Å². The van der Waals surface area contributed by atoms with Gasteiger partial charge in [-0.05, 0) is 31.0 Å². The fraction of sp³-hybridized carbons (Fsp3) is 0.714. The van der Waals surface area contributed by atoms with Gasteiger partial charge in [-0.2, -0.15) is 0 Å². The minimum absolute atomic E-state index is 0.648. The Morgan fingerprint density at radius 3 is 2.81 bits per heavy atom. The number of nitrogens with one attached hydrogen (secondary N) is 1. The Kier molecular flexibility index (Phi) is 3.70. The normalized spacial score (nSPS) is 25.7. The molecule has 0 saturated carbocycles. The molecule has 2 atom stereocenters. The van der Waals surface area contributed by atoms with Gasteiger partial charge < -0.3 is 4.98 Å². The Morgan fingerprint density at radius 1 is 1.38 bits per heavy atom. The summed E-state index contributed by atoms with van der Waals surface area (Å²) in [6.07, 6.45) is 7.12. The molecule has 2 rings (SSSR count). The summed E-state index contributed by atoms with van der Waals surface area (Å²) in [5.74, 6) is 0. The van der Waals surface area contributed by atoms with Crippen LogP contribution >= 0.6 is 0 Å². The second kappa shape index (κ2) is 5.05. The summed E-state index contributed by atoms with van der Waals surface area (Å²) in [6, 6.07) is 3.66. The van der Waals surface area contributed by atoms with Crippen molar-refractivity contribution in [1.82, 2.24) is 9.88 Å². The molecule has 1 aromatic heterocycles. The number of H-pyrrole nitrogens is 1. The van der Waals surface area contributed by atoms with Crippen LogP contribution in [0.4, 0.5) is 0 Å². The van der Waals surface area contributed by atoms with E-state index in [-0.39, 0.29) is 0 Å². The van der Waals surface area contributed by atoms with Gasteiger partial charge in [-0.3, -0.25) is 4.90 Å². The van der Waals surface area contributed by atoms with E-state index in [2.05, 4.69) is 42.9 Å². The van der Waals surface area contributed by atoms with Crippen LogP contribution < -0.4 is 0 Å². The van der Waals surface area contributed by atoms with E-state index < -0.39 is 0 Å². The molecule has 2 heterocycles. The number of nitrogens with zero attached hydrogens (tertiary/aromatic N) is 1. The van der Waals surface area contributed by atoms with Crippen molar-refractivity contribution in [3.63, 3.8) is 0 Å². The molecule has 0 amide bonds. The topological polar surface area (TPSA) is 19.0 Å². The first-order valence-corrected chi connectivity index (χ1v) is 6.73. The van der Waals surface area contributed by atoms with Crippen LogP contribution in [0.2, 0.25) is 0 Å². The summed E-state index contributed by atoms with van der Waals surface area (Å²) in [5.41, 5.74) is 3.03. The number of hydrogen-bond donors (Lipinski definition) is 1. The van der Waals surface area contributed by atoms with Crippen molar-refractivity contribution in [3.8, 4) is 0 Å². The summed E-state index contributed by atoms with van der Waals surface area (Å²) < 4.78 is 0. The molecular formula is C14H24N2. The monoisotopic (exact) mass is 220 g/mol. The molecule has 1 N–H and O–H groups in total. The SMILES string of the molecule is CCC[C@H]1c2cc[nH]c2C[C@@H](CC)N1CC. The van der Waals surface area contributed by atoms with E-state index in [0.717, 1.165) is 6.04 Å². The first-order valence-electron chi connectivity index (χ1n) is 6.73. The molecule has 2 heteroatoms. The number of likely N-dealkylation sites (N-methyl/N-ethyl adjacent to an activating group) is 1. The summed E-state index contributed by atoms with van der Waals surface area (Å²) >= 11 is 0. The molecule has 0 fully saturated rings. The highest BCUT2D eigenvalue weighted by molar-refractivity contribution is 5.28. The minimum atomic E-state index is 0.648. The summed E-state index contributed by atoms with van der Waals surface area (Å²) in [7, 11) is 0. The average Bonchev–Trinajstić information content (AvgIpc) is 2.76. The highest BCUT2D eigenvalue weighted by Gasteiger charge is 2.32. The van der Waals surface area contributed by atoms with Gasteiger partial charge in [-0.1, -0.05) is 27.2 Å². The Labute approximate surface area is 99.0 Å². The number of aromatic nitrogens is 1. The molecular weight excluding hydrogens is 196 g/mol. The molecule has 0 saturated heterocycles. The van der Waals surface area contributed by atoms with Crippen molar-refractivity contribution in [2.45, 2.75) is 58.5 Å². The second-order valence-corrected chi connectivity index (χ2v) is 4.81. The van der Waals surface area contributed by atoms with Crippen LogP contribution in [0, 0.1) is 0 Å². The predicted molar refractivity (Wildman–Crippen MR) is 68.6 cm³/mol. The van der Waals surface area contributed by atoms with Crippen LogP contribution in [-0.2, 0) is 6.42 Å². The van der Waals surface area contributed by atoms with Crippen molar-refractivity contribution in [2.24, 2.45) is 0 Å². The fourth-order valence-electron chi connectivity index (χ4n) is 3.14. The van der Waals surface area contributed by atoms with Gasteiger partial charge in [0, 0.05) is 30.4 Å². The summed E-state index contributed by atoms with van der Waals surface area (Å²) in [4.78, 5) is 6.12. The third-order valence-corrected chi connectivity index (χ3v) is 3.94. The third-order valence-electron chi connectivity index (χ3n) is 3.94. The predicted octanol–water partition coefficient (Wildman–Crippen LogP) is 3.51. The lowest BCUT2D eigenvalue weighted by Gasteiger charge is -2.41. The van der Waals surface area contributed by atoms with Crippen molar-refractivity contribution in [1.29, 1.82) is 0 Å². The zero-order chi connectivity index (χ0) is 11.5. The summed E-state index contributed by atoms with van der Waals surface area (Å²) in [6.45, 7) is 8.07. The van der Waals surface area contributed by atoms with Crippen molar-refractivity contribution in [3.05, 3.63) is 23.5 Å². The van der Waals surface area contributed by atoms with Gasteiger partial charge in [-0.25, -0.2) is 0 Å². The first kappa shape index (κ1) is 11.7. The maximum absolute atomic E-state index is 3.43. The zero-order valence-corrected chi connectivity index (χ0v) is 10.8. The lowest BCUT2D eigenvalue weighted by molar-refractivity contribution is 0.113.